The van der Waals surface area contributed by atoms with Crippen molar-refractivity contribution in [2.24, 2.45) is 11.7 Å². The van der Waals surface area contributed by atoms with Crippen LogP contribution < -0.4 is 10.6 Å². The Kier molecular flexibility index (Phi) is 3.67. The van der Waals surface area contributed by atoms with Gasteiger partial charge >= 0.3 is 0 Å². The lowest BCUT2D eigenvalue weighted by molar-refractivity contribution is 0.377. The van der Waals surface area contributed by atoms with Gasteiger partial charge in [0.25, 0.3) is 0 Å². The first-order chi connectivity index (χ1) is 8.08. The van der Waals surface area contributed by atoms with Crippen LogP contribution in [0.2, 0.25) is 0 Å². The average molecular weight is 233 g/mol. The number of aromatic nitrogens is 1. The van der Waals surface area contributed by atoms with Gasteiger partial charge in [0.2, 0.25) is 0 Å². The molecule has 3 atom stereocenters. The van der Waals surface area contributed by atoms with Gasteiger partial charge in [0.05, 0.1) is 17.6 Å². The zero-order valence-corrected chi connectivity index (χ0v) is 11.1. The molecule has 3 heteroatoms. The molecule has 0 spiro atoms. The van der Waals surface area contributed by atoms with E-state index in [1.165, 1.54) is 18.5 Å². The number of pyridine rings is 1. The van der Waals surface area contributed by atoms with Crippen LogP contribution in [0.1, 0.15) is 45.3 Å². The van der Waals surface area contributed by atoms with Crippen LogP contribution in [0, 0.1) is 5.92 Å². The van der Waals surface area contributed by atoms with E-state index in [2.05, 4.69) is 29.8 Å². The Balaban J connectivity index is 2.11. The fourth-order valence-corrected chi connectivity index (χ4v) is 2.63. The van der Waals surface area contributed by atoms with Crippen molar-refractivity contribution in [3.05, 3.63) is 24.0 Å². The Labute approximate surface area is 104 Å². The SMILES string of the molecule is CC1CCN(c2ccc(C(C)N)nc2)C(C)C1. The Morgan fingerprint density at radius 3 is 2.71 bits per heavy atom. The molecule has 17 heavy (non-hydrogen) atoms. The normalized spacial score (nSPS) is 26.9. The highest BCUT2D eigenvalue weighted by Gasteiger charge is 2.23. The Morgan fingerprint density at radius 1 is 1.41 bits per heavy atom. The van der Waals surface area contributed by atoms with Gasteiger partial charge in [-0.3, -0.25) is 4.98 Å². The third-order valence-electron chi connectivity index (χ3n) is 3.71. The number of hydrogen-bond donors (Lipinski definition) is 1. The van der Waals surface area contributed by atoms with Crippen LogP contribution in [0.3, 0.4) is 0 Å². The van der Waals surface area contributed by atoms with Gasteiger partial charge in [-0.15, -0.1) is 0 Å². The van der Waals surface area contributed by atoms with Crippen molar-refractivity contribution in [1.82, 2.24) is 4.98 Å². The first-order valence-corrected chi connectivity index (χ1v) is 6.56. The molecule has 1 saturated heterocycles. The van der Waals surface area contributed by atoms with Gasteiger partial charge in [0.1, 0.15) is 0 Å². The van der Waals surface area contributed by atoms with E-state index in [1.54, 1.807) is 0 Å². The van der Waals surface area contributed by atoms with Crippen LogP contribution in [-0.2, 0) is 0 Å². The highest BCUT2D eigenvalue weighted by molar-refractivity contribution is 5.46. The first kappa shape index (κ1) is 12.4. The summed E-state index contributed by atoms with van der Waals surface area (Å²) < 4.78 is 0. The summed E-state index contributed by atoms with van der Waals surface area (Å²) in [5.41, 5.74) is 8.01. The highest BCUT2D eigenvalue weighted by Crippen LogP contribution is 2.27. The number of rotatable bonds is 2. The second-order valence-electron chi connectivity index (χ2n) is 5.40. The van der Waals surface area contributed by atoms with Gasteiger partial charge in [-0.25, -0.2) is 0 Å². The molecule has 0 bridgehead atoms. The largest absolute Gasteiger partial charge is 0.368 e. The third-order valence-corrected chi connectivity index (χ3v) is 3.71. The van der Waals surface area contributed by atoms with Crippen molar-refractivity contribution in [3.8, 4) is 0 Å². The van der Waals surface area contributed by atoms with Crippen molar-refractivity contribution >= 4 is 5.69 Å². The summed E-state index contributed by atoms with van der Waals surface area (Å²) in [6, 6.07) is 4.83. The molecule has 3 unspecified atom stereocenters. The molecule has 0 amide bonds. The summed E-state index contributed by atoms with van der Waals surface area (Å²) >= 11 is 0. The molecule has 1 aromatic heterocycles. The van der Waals surface area contributed by atoms with E-state index in [0.717, 1.165) is 18.2 Å². The van der Waals surface area contributed by atoms with Crippen LogP contribution >= 0.6 is 0 Å². The van der Waals surface area contributed by atoms with Crippen LogP contribution in [0.15, 0.2) is 18.3 Å². The topological polar surface area (TPSA) is 42.1 Å². The van der Waals surface area contributed by atoms with Crippen molar-refractivity contribution in [3.63, 3.8) is 0 Å². The molecule has 2 heterocycles. The van der Waals surface area contributed by atoms with Gasteiger partial charge in [-0.1, -0.05) is 6.92 Å². The minimum Gasteiger partial charge on any atom is -0.368 e. The lowest BCUT2D eigenvalue weighted by atomic mass is 9.93. The van der Waals surface area contributed by atoms with Crippen molar-refractivity contribution in [2.45, 2.75) is 45.7 Å². The third kappa shape index (κ3) is 2.78. The van der Waals surface area contributed by atoms with Crippen LogP contribution in [0.5, 0.6) is 0 Å². The maximum Gasteiger partial charge on any atom is 0.0569 e. The molecule has 2 N–H and O–H groups in total. The van der Waals surface area contributed by atoms with E-state index < -0.39 is 0 Å². The van der Waals surface area contributed by atoms with Crippen LogP contribution in [0.25, 0.3) is 0 Å². The first-order valence-electron chi connectivity index (χ1n) is 6.56. The van der Waals surface area contributed by atoms with Gasteiger partial charge in [-0.2, -0.15) is 0 Å². The standard InChI is InChI=1S/C14H23N3/c1-10-6-7-17(11(2)8-10)13-4-5-14(12(3)15)16-9-13/h4-5,9-12H,6-8,15H2,1-3H3. The monoisotopic (exact) mass is 233 g/mol. The molecule has 94 valence electrons. The van der Waals surface area contributed by atoms with Gasteiger partial charge in [0.15, 0.2) is 0 Å². The number of anilines is 1. The molecule has 1 aliphatic rings. The predicted octanol–water partition coefficient (Wildman–Crippen LogP) is 2.73. The minimum absolute atomic E-state index is 0.0165. The number of piperidine rings is 1. The molecule has 0 saturated carbocycles. The maximum atomic E-state index is 5.81. The van der Waals surface area contributed by atoms with Crippen molar-refractivity contribution < 1.29 is 0 Å². The molecular formula is C14H23N3. The Morgan fingerprint density at radius 2 is 2.18 bits per heavy atom. The van der Waals surface area contributed by atoms with E-state index in [4.69, 9.17) is 5.73 Å². The molecule has 2 rings (SSSR count). The highest BCUT2D eigenvalue weighted by atomic mass is 15.2. The lowest BCUT2D eigenvalue weighted by Crippen LogP contribution is -2.40. The second-order valence-corrected chi connectivity index (χ2v) is 5.40. The molecule has 0 aromatic carbocycles. The van der Waals surface area contributed by atoms with E-state index >= 15 is 0 Å². The van der Waals surface area contributed by atoms with Crippen LogP contribution in [0.4, 0.5) is 5.69 Å². The maximum absolute atomic E-state index is 5.81. The zero-order valence-electron chi connectivity index (χ0n) is 11.1. The molecule has 1 aliphatic heterocycles. The van der Waals surface area contributed by atoms with E-state index in [-0.39, 0.29) is 6.04 Å². The zero-order chi connectivity index (χ0) is 12.4. The van der Waals surface area contributed by atoms with Gasteiger partial charge in [-0.05, 0) is 44.7 Å². The molecule has 3 nitrogen and oxygen atoms in total. The molecule has 0 aliphatic carbocycles. The molecule has 1 aromatic rings. The van der Waals surface area contributed by atoms with Gasteiger partial charge < -0.3 is 10.6 Å². The summed E-state index contributed by atoms with van der Waals surface area (Å²) in [7, 11) is 0. The summed E-state index contributed by atoms with van der Waals surface area (Å²) in [4.78, 5) is 6.90. The van der Waals surface area contributed by atoms with Crippen LogP contribution in [-0.4, -0.2) is 17.6 Å². The molecule has 1 fully saturated rings. The fourth-order valence-electron chi connectivity index (χ4n) is 2.63. The molecular weight excluding hydrogens is 210 g/mol. The Hall–Kier alpha value is -1.09. The number of hydrogen-bond acceptors (Lipinski definition) is 3. The second kappa shape index (κ2) is 5.05. The fraction of sp³-hybridized carbons (Fsp3) is 0.643. The molecule has 0 radical (unpaired) electrons. The number of nitrogens with zero attached hydrogens (tertiary/aromatic N) is 2. The quantitative estimate of drug-likeness (QED) is 0.854. The van der Waals surface area contributed by atoms with Crippen molar-refractivity contribution in [1.29, 1.82) is 0 Å². The van der Waals surface area contributed by atoms with E-state index in [1.807, 2.05) is 19.2 Å². The Bertz CT molecular complexity index is 358. The average Bonchev–Trinajstić information content (AvgIpc) is 2.29. The lowest BCUT2D eigenvalue weighted by Gasteiger charge is -2.38. The van der Waals surface area contributed by atoms with Gasteiger partial charge in [0, 0.05) is 18.6 Å². The predicted molar refractivity (Wildman–Crippen MR) is 72.0 cm³/mol. The van der Waals surface area contributed by atoms with E-state index in [0.29, 0.717) is 6.04 Å². The minimum atomic E-state index is 0.0165. The number of nitrogens with two attached hydrogens (primary N) is 1. The van der Waals surface area contributed by atoms with Crippen molar-refractivity contribution in [2.75, 3.05) is 11.4 Å². The smallest absolute Gasteiger partial charge is 0.0569 e. The summed E-state index contributed by atoms with van der Waals surface area (Å²) in [6.07, 6.45) is 4.51. The summed E-state index contributed by atoms with van der Waals surface area (Å²) in [5, 5.41) is 0. The summed E-state index contributed by atoms with van der Waals surface area (Å²) in [6.45, 7) is 7.75. The summed E-state index contributed by atoms with van der Waals surface area (Å²) in [5.74, 6) is 0.845. The van der Waals surface area contributed by atoms with E-state index in [9.17, 15) is 0 Å².